The molecule has 0 radical (unpaired) electrons. The SMILES string of the molecule is O=C(OC(=O)c1ccccc1NC1CCC(O)C1)c1ccccc1. The fourth-order valence-electron chi connectivity index (χ4n) is 2.87. The number of para-hydroxylation sites is 1. The standard InChI is InChI=1S/C19H19NO4/c21-15-11-10-14(12-15)20-17-9-5-4-8-16(17)19(23)24-18(22)13-6-2-1-3-7-13/h1-9,14-15,20-21H,10-12H2. The fraction of sp³-hybridized carbons (Fsp3) is 0.263. The first-order valence-electron chi connectivity index (χ1n) is 7.98. The molecule has 1 saturated carbocycles. The van der Waals surface area contributed by atoms with Gasteiger partial charge in [-0.15, -0.1) is 0 Å². The molecule has 1 aliphatic carbocycles. The van der Waals surface area contributed by atoms with E-state index in [-0.39, 0.29) is 12.1 Å². The number of esters is 2. The number of nitrogens with one attached hydrogen (secondary N) is 1. The maximum absolute atomic E-state index is 12.4. The van der Waals surface area contributed by atoms with Crippen molar-refractivity contribution in [1.82, 2.24) is 0 Å². The van der Waals surface area contributed by atoms with Crippen LogP contribution < -0.4 is 5.32 Å². The van der Waals surface area contributed by atoms with Crippen molar-refractivity contribution in [1.29, 1.82) is 0 Å². The molecule has 2 unspecified atom stereocenters. The Hall–Kier alpha value is -2.66. The first-order valence-corrected chi connectivity index (χ1v) is 7.98. The van der Waals surface area contributed by atoms with Gasteiger partial charge in [0.2, 0.25) is 0 Å². The minimum absolute atomic E-state index is 0.110. The van der Waals surface area contributed by atoms with Gasteiger partial charge in [-0.05, 0) is 43.5 Å². The van der Waals surface area contributed by atoms with Gasteiger partial charge < -0.3 is 15.2 Å². The van der Waals surface area contributed by atoms with Crippen LogP contribution in [0.2, 0.25) is 0 Å². The van der Waals surface area contributed by atoms with Crippen LogP contribution in [0.3, 0.4) is 0 Å². The number of aliphatic hydroxyl groups excluding tert-OH is 1. The molecule has 1 aliphatic rings. The third-order valence-electron chi connectivity index (χ3n) is 4.11. The highest BCUT2D eigenvalue weighted by Gasteiger charge is 2.24. The van der Waals surface area contributed by atoms with Crippen molar-refractivity contribution in [3.05, 3.63) is 65.7 Å². The Morgan fingerprint density at radius 3 is 2.38 bits per heavy atom. The van der Waals surface area contributed by atoms with Crippen LogP contribution in [0.1, 0.15) is 40.0 Å². The zero-order chi connectivity index (χ0) is 16.9. The summed E-state index contributed by atoms with van der Waals surface area (Å²) in [5, 5.41) is 12.9. The molecule has 0 heterocycles. The van der Waals surface area contributed by atoms with Crippen LogP contribution in [0.5, 0.6) is 0 Å². The van der Waals surface area contributed by atoms with Crippen molar-refractivity contribution in [2.24, 2.45) is 0 Å². The van der Waals surface area contributed by atoms with Gasteiger partial charge in [0.1, 0.15) is 0 Å². The molecular formula is C19H19NO4. The topological polar surface area (TPSA) is 75.6 Å². The molecule has 0 aliphatic heterocycles. The molecule has 3 rings (SSSR count). The van der Waals surface area contributed by atoms with Gasteiger partial charge in [-0.1, -0.05) is 30.3 Å². The number of rotatable bonds is 4. The van der Waals surface area contributed by atoms with Gasteiger partial charge in [0.15, 0.2) is 0 Å². The van der Waals surface area contributed by atoms with Crippen LogP contribution in [-0.4, -0.2) is 29.2 Å². The molecule has 24 heavy (non-hydrogen) atoms. The Kier molecular flexibility index (Phi) is 4.91. The van der Waals surface area contributed by atoms with Crippen molar-refractivity contribution >= 4 is 17.6 Å². The molecule has 0 spiro atoms. The lowest BCUT2D eigenvalue weighted by Crippen LogP contribution is -2.20. The molecule has 0 bridgehead atoms. The fourth-order valence-corrected chi connectivity index (χ4v) is 2.87. The first kappa shape index (κ1) is 16.2. The number of hydrogen-bond donors (Lipinski definition) is 2. The summed E-state index contributed by atoms with van der Waals surface area (Å²) < 4.78 is 4.98. The molecule has 5 nitrogen and oxygen atoms in total. The van der Waals surface area contributed by atoms with Gasteiger partial charge >= 0.3 is 11.9 Å². The average molecular weight is 325 g/mol. The van der Waals surface area contributed by atoms with E-state index >= 15 is 0 Å². The Balaban J connectivity index is 1.72. The normalized spacial score (nSPS) is 19.7. The number of carbonyl (C=O) groups is 2. The molecule has 0 saturated heterocycles. The van der Waals surface area contributed by atoms with Crippen LogP contribution in [0.4, 0.5) is 5.69 Å². The molecule has 2 aromatic rings. The lowest BCUT2D eigenvalue weighted by molar-refractivity contribution is 0.0398. The van der Waals surface area contributed by atoms with Gasteiger partial charge in [0.05, 0.1) is 17.2 Å². The number of carbonyl (C=O) groups excluding carboxylic acids is 2. The van der Waals surface area contributed by atoms with E-state index in [0.29, 0.717) is 23.2 Å². The summed E-state index contributed by atoms with van der Waals surface area (Å²) in [6, 6.07) is 15.4. The van der Waals surface area contributed by atoms with Gasteiger partial charge in [-0.2, -0.15) is 0 Å². The first-order chi connectivity index (χ1) is 11.6. The lowest BCUT2D eigenvalue weighted by atomic mass is 10.1. The summed E-state index contributed by atoms with van der Waals surface area (Å²) in [5.41, 5.74) is 1.25. The highest BCUT2D eigenvalue weighted by Crippen LogP contribution is 2.25. The molecule has 5 heteroatoms. The minimum Gasteiger partial charge on any atom is -0.393 e. The number of ether oxygens (including phenoxy) is 1. The monoisotopic (exact) mass is 325 g/mol. The Labute approximate surface area is 140 Å². The number of anilines is 1. The van der Waals surface area contributed by atoms with Gasteiger partial charge in [0, 0.05) is 11.7 Å². The van der Waals surface area contributed by atoms with E-state index in [2.05, 4.69) is 5.32 Å². The highest BCUT2D eigenvalue weighted by atomic mass is 16.6. The summed E-state index contributed by atoms with van der Waals surface area (Å²) in [6.45, 7) is 0. The summed E-state index contributed by atoms with van der Waals surface area (Å²) in [5.74, 6) is -1.36. The van der Waals surface area contributed by atoms with Crippen molar-refractivity contribution < 1.29 is 19.4 Å². The molecular weight excluding hydrogens is 306 g/mol. The zero-order valence-corrected chi connectivity index (χ0v) is 13.1. The van der Waals surface area contributed by atoms with E-state index in [1.54, 1.807) is 48.5 Å². The van der Waals surface area contributed by atoms with Crippen molar-refractivity contribution in [2.75, 3.05) is 5.32 Å². The van der Waals surface area contributed by atoms with Crippen LogP contribution in [0, 0.1) is 0 Å². The van der Waals surface area contributed by atoms with E-state index in [9.17, 15) is 14.7 Å². The second kappa shape index (κ2) is 7.27. The summed E-state index contributed by atoms with van der Waals surface area (Å²) >= 11 is 0. The van der Waals surface area contributed by atoms with Gasteiger partial charge in [-0.25, -0.2) is 9.59 Å². The average Bonchev–Trinajstić information content (AvgIpc) is 3.01. The summed E-state index contributed by atoms with van der Waals surface area (Å²) in [7, 11) is 0. The van der Waals surface area contributed by atoms with Crippen molar-refractivity contribution in [3.63, 3.8) is 0 Å². The second-order valence-corrected chi connectivity index (χ2v) is 5.90. The minimum atomic E-state index is -0.689. The number of aliphatic hydroxyl groups is 1. The van der Waals surface area contributed by atoms with E-state index < -0.39 is 11.9 Å². The van der Waals surface area contributed by atoms with Gasteiger partial charge in [-0.3, -0.25) is 0 Å². The zero-order valence-electron chi connectivity index (χ0n) is 13.1. The van der Waals surface area contributed by atoms with Crippen molar-refractivity contribution in [3.8, 4) is 0 Å². The molecule has 2 aromatic carbocycles. The van der Waals surface area contributed by atoms with Crippen LogP contribution in [0.25, 0.3) is 0 Å². The maximum Gasteiger partial charge on any atom is 0.348 e. The number of benzene rings is 2. The van der Waals surface area contributed by atoms with Gasteiger partial charge in [0.25, 0.3) is 0 Å². The van der Waals surface area contributed by atoms with E-state index in [1.165, 1.54) is 0 Å². The maximum atomic E-state index is 12.4. The summed E-state index contributed by atoms with van der Waals surface area (Å²) in [6.07, 6.45) is 1.93. The third-order valence-corrected chi connectivity index (χ3v) is 4.11. The van der Waals surface area contributed by atoms with Crippen molar-refractivity contribution in [2.45, 2.75) is 31.4 Å². The quantitative estimate of drug-likeness (QED) is 0.667. The van der Waals surface area contributed by atoms with Crippen LogP contribution in [0.15, 0.2) is 54.6 Å². The van der Waals surface area contributed by atoms with E-state index in [0.717, 1.165) is 12.8 Å². The predicted octanol–water partition coefficient (Wildman–Crippen LogP) is 3.01. The van der Waals surface area contributed by atoms with Crippen LogP contribution in [-0.2, 0) is 4.74 Å². The molecule has 0 amide bonds. The highest BCUT2D eigenvalue weighted by molar-refractivity contribution is 6.05. The molecule has 2 N–H and O–H groups in total. The van der Waals surface area contributed by atoms with E-state index in [4.69, 9.17) is 4.74 Å². The number of hydrogen-bond acceptors (Lipinski definition) is 5. The predicted molar refractivity (Wildman–Crippen MR) is 89.9 cm³/mol. The molecule has 2 atom stereocenters. The largest absolute Gasteiger partial charge is 0.393 e. The smallest absolute Gasteiger partial charge is 0.348 e. The van der Waals surface area contributed by atoms with Crippen LogP contribution >= 0.6 is 0 Å². The Morgan fingerprint density at radius 1 is 0.958 bits per heavy atom. The third kappa shape index (κ3) is 3.81. The Morgan fingerprint density at radius 2 is 1.67 bits per heavy atom. The molecule has 0 aromatic heterocycles. The lowest BCUT2D eigenvalue weighted by Gasteiger charge is -2.16. The van der Waals surface area contributed by atoms with E-state index in [1.807, 2.05) is 6.07 Å². The summed E-state index contributed by atoms with van der Waals surface area (Å²) in [4.78, 5) is 24.4. The second-order valence-electron chi connectivity index (χ2n) is 5.90. The molecule has 124 valence electrons. The Bertz CT molecular complexity index is 729. The molecule has 1 fully saturated rings.